The molecule has 5 aromatic carbocycles. The van der Waals surface area contributed by atoms with Crippen LogP contribution in [-0.4, -0.2) is 0 Å². The maximum Gasteiger partial charge on any atom is 0.0546 e. The SMILES string of the molecule is C=C/C(=C\C=C/C)N(c1ccccc1)c1cc(C)cc2c1-c1ccccc1C21Cc2ccccc2C(=C)c2cc(C)ccc21. The van der Waals surface area contributed by atoms with Crippen LogP contribution in [0.3, 0.4) is 0 Å². The van der Waals surface area contributed by atoms with E-state index in [-0.39, 0.29) is 5.41 Å². The molecule has 7 rings (SSSR count). The first-order valence-corrected chi connectivity index (χ1v) is 15.4. The van der Waals surface area contributed by atoms with Crippen molar-refractivity contribution in [3.05, 3.63) is 197 Å². The predicted molar refractivity (Wildman–Crippen MR) is 188 cm³/mol. The summed E-state index contributed by atoms with van der Waals surface area (Å²) < 4.78 is 0. The molecule has 0 aliphatic heterocycles. The van der Waals surface area contributed by atoms with Gasteiger partial charge in [0.25, 0.3) is 0 Å². The minimum Gasteiger partial charge on any atom is -0.310 e. The summed E-state index contributed by atoms with van der Waals surface area (Å²) in [6, 6.07) is 40.3. The zero-order valence-electron chi connectivity index (χ0n) is 25.8. The van der Waals surface area contributed by atoms with E-state index in [2.05, 4.69) is 153 Å². The van der Waals surface area contributed by atoms with Gasteiger partial charge in [-0.15, -0.1) is 0 Å². The highest BCUT2D eigenvalue weighted by Crippen LogP contribution is 2.60. The van der Waals surface area contributed by atoms with Crippen LogP contribution in [0.5, 0.6) is 0 Å². The fourth-order valence-electron chi connectivity index (χ4n) is 7.47. The molecule has 0 saturated carbocycles. The minimum atomic E-state index is -0.380. The predicted octanol–water partition coefficient (Wildman–Crippen LogP) is 11.0. The van der Waals surface area contributed by atoms with Gasteiger partial charge >= 0.3 is 0 Å². The van der Waals surface area contributed by atoms with Crippen LogP contribution < -0.4 is 4.90 Å². The second kappa shape index (κ2) is 10.8. The number of anilines is 2. The van der Waals surface area contributed by atoms with Crippen molar-refractivity contribution in [2.75, 3.05) is 4.90 Å². The molecule has 1 atom stereocenters. The summed E-state index contributed by atoms with van der Waals surface area (Å²) in [7, 11) is 0. The average Bonchev–Trinajstić information content (AvgIpc) is 3.26. The maximum atomic E-state index is 4.70. The van der Waals surface area contributed by atoms with E-state index in [0.717, 1.165) is 29.1 Å². The van der Waals surface area contributed by atoms with Gasteiger partial charge in [-0.2, -0.15) is 0 Å². The molecule has 0 bridgehead atoms. The fourth-order valence-corrected chi connectivity index (χ4v) is 7.47. The highest BCUT2D eigenvalue weighted by atomic mass is 15.1. The molecule has 0 fully saturated rings. The molecule has 214 valence electrons. The lowest BCUT2D eigenvalue weighted by atomic mass is 9.68. The van der Waals surface area contributed by atoms with E-state index in [0.29, 0.717) is 0 Å². The number of hydrogen-bond acceptors (Lipinski definition) is 1. The lowest BCUT2D eigenvalue weighted by Gasteiger charge is -2.35. The third-order valence-corrected chi connectivity index (χ3v) is 9.32. The van der Waals surface area contributed by atoms with Gasteiger partial charge in [-0.3, -0.25) is 0 Å². The summed E-state index contributed by atoms with van der Waals surface area (Å²) in [5.41, 5.74) is 16.9. The Morgan fingerprint density at radius 2 is 1.43 bits per heavy atom. The number of fused-ring (bicyclic) bond motifs is 8. The Bertz CT molecular complexity index is 2000. The van der Waals surface area contributed by atoms with Crippen molar-refractivity contribution in [3.8, 4) is 11.1 Å². The van der Waals surface area contributed by atoms with E-state index in [4.69, 9.17) is 6.58 Å². The molecule has 5 aromatic rings. The quantitative estimate of drug-likeness (QED) is 0.191. The van der Waals surface area contributed by atoms with E-state index in [1.165, 1.54) is 55.6 Å². The van der Waals surface area contributed by atoms with Gasteiger partial charge in [-0.1, -0.05) is 122 Å². The first kappa shape index (κ1) is 27.7. The van der Waals surface area contributed by atoms with Crippen LogP contribution in [0.2, 0.25) is 0 Å². The van der Waals surface area contributed by atoms with Crippen LogP contribution in [0.1, 0.15) is 51.4 Å². The zero-order chi connectivity index (χ0) is 30.4. The molecule has 1 spiro atoms. The van der Waals surface area contributed by atoms with Gasteiger partial charge in [0.15, 0.2) is 0 Å². The lowest BCUT2D eigenvalue weighted by molar-refractivity contribution is 0.630. The molecule has 0 saturated heterocycles. The van der Waals surface area contributed by atoms with Gasteiger partial charge in [-0.05, 0) is 108 Å². The van der Waals surface area contributed by atoms with Crippen molar-refractivity contribution in [3.63, 3.8) is 0 Å². The van der Waals surface area contributed by atoms with Gasteiger partial charge in [-0.25, -0.2) is 0 Å². The van der Waals surface area contributed by atoms with Gasteiger partial charge in [0, 0.05) is 16.9 Å². The topological polar surface area (TPSA) is 3.24 Å². The van der Waals surface area contributed by atoms with Crippen LogP contribution in [-0.2, 0) is 11.8 Å². The van der Waals surface area contributed by atoms with Crippen LogP contribution in [0, 0.1) is 13.8 Å². The number of allylic oxidation sites excluding steroid dienone is 4. The van der Waals surface area contributed by atoms with Crippen molar-refractivity contribution in [1.29, 1.82) is 0 Å². The maximum absolute atomic E-state index is 4.70. The first-order valence-electron chi connectivity index (χ1n) is 15.4. The Labute approximate surface area is 261 Å². The number of rotatable bonds is 5. The van der Waals surface area contributed by atoms with Crippen molar-refractivity contribution in [2.24, 2.45) is 0 Å². The molecule has 0 amide bonds. The van der Waals surface area contributed by atoms with Crippen molar-refractivity contribution in [1.82, 2.24) is 0 Å². The number of hydrogen-bond donors (Lipinski definition) is 0. The third kappa shape index (κ3) is 4.15. The standard InChI is InChI=1S/C43H37N/c1-6-8-17-33(7-2)44(34-18-10-9-11-19-34)41-27-30(4)26-40-42(41)36-21-14-15-22-38(36)43(40)28-32-16-12-13-20-35(32)31(5)37-25-29(3)23-24-39(37)43/h6-27H,2,5,28H2,1,3-4H3/b8-6-,33-17+. The van der Waals surface area contributed by atoms with Gasteiger partial charge < -0.3 is 4.90 Å². The smallest absolute Gasteiger partial charge is 0.0546 e. The van der Waals surface area contributed by atoms with E-state index in [1.54, 1.807) is 0 Å². The molecule has 1 nitrogen and oxygen atoms in total. The molecule has 0 radical (unpaired) electrons. The van der Waals surface area contributed by atoms with Crippen LogP contribution in [0.4, 0.5) is 11.4 Å². The zero-order valence-corrected chi connectivity index (χ0v) is 25.8. The Kier molecular flexibility index (Phi) is 6.82. The summed E-state index contributed by atoms with van der Waals surface area (Å²) in [5, 5.41) is 0. The molecule has 2 aliphatic carbocycles. The molecular formula is C43H37N. The number of para-hydroxylation sites is 1. The molecular weight excluding hydrogens is 530 g/mol. The Morgan fingerprint density at radius 1 is 0.727 bits per heavy atom. The minimum absolute atomic E-state index is 0.380. The molecule has 1 unspecified atom stereocenters. The molecule has 0 N–H and O–H groups in total. The van der Waals surface area contributed by atoms with Crippen molar-refractivity contribution in [2.45, 2.75) is 32.6 Å². The highest BCUT2D eigenvalue weighted by molar-refractivity contribution is 5.97. The Morgan fingerprint density at radius 3 is 2.20 bits per heavy atom. The summed E-state index contributed by atoms with van der Waals surface area (Å²) in [6.45, 7) is 15.4. The van der Waals surface area contributed by atoms with E-state index < -0.39 is 0 Å². The van der Waals surface area contributed by atoms with E-state index in [1.807, 2.05) is 13.0 Å². The monoisotopic (exact) mass is 567 g/mol. The summed E-state index contributed by atoms with van der Waals surface area (Å²) in [5.74, 6) is 0. The number of benzene rings is 5. The van der Waals surface area contributed by atoms with Crippen molar-refractivity contribution < 1.29 is 0 Å². The summed E-state index contributed by atoms with van der Waals surface area (Å²) in [4.78, 5) is 2.37. The lowest BCUT2D eigenvalue weighted by Crippen LogP contribution is -2.30. The fraction of sp³-hybridized carbons (Fsp3) is 0.116. The molecule has 44 heavy (non-hydrogen) atoms. The summed E-state index contributed by atoms with van der Waals surface area (Å²) in [6.07, 6.45) is 9.12. The molecule has 0 heterocycles. The van der Waals surface area contributed by atoms with Gasteiger partial charge in [0.1, 0.15) is 0 Å². The molecule has 2 aliphatic rings. The second-order valence-corrected chi connectivity index (χ2v) is 12.0. The average molecular weight is 568 g/mol. The van der Waals surface area contributed by atoms with Crippen LogP contribution in [0.25, 0.3) is 16.7 Å². The van der Waals surface area contributed by atoms with Crippen LogP contribution >= 0.6 is 0 Å². The number of aryl methyl sites for hydroxylation is 2. The van der Waals surface area contributed by atoms with Crippen LogP contribution in [0.15, 0.2) is 152 Å². The molecule has 0 aromatic heterocycles. The van der Waals surface area contributed by atoms with Gasteiger partial charge in [0.05, 0.1) is 11.1 Å². The molecule has 1 heteroatoms. The highest BCUT2D eigenvalue weighted by Gasteiger charge is 2.49. The Balaban J connectivity index is 1.63. The Hall–Kier alpha value is -5.14. The third-order valence-electron chi connectivity index (χ3n) is 9.32. The van der Waals surface area contributed by atoms with E-state index in [9.17, 15) is 0 Å². The van der Waals surface area contributed by atoms with Crippen molar-refractivity contribution >= 4 is 16.9 Å². The first-order chi connectivity index (χ1) is 21.5. The van der Waals surface area contributed by atoms with Gasteiger partial charge in [0.2, 0.25) is 0 Å². The number of nitrogens with zero attached hydrogens (tertiary/aromatic N) is 1. The summed E-state index contributed by atoms with van der Waals surface area (Å²) >= 11 is 0. The largest absolute Gasteiger partial charge is 0.310 e. The normalized spacial score (nSPS) is 16.7. The van der Waals surface area contributed by atoms with E-state index >= 15 is 0 Å². The second-order valence-electron chi connectivity index (χ2n) is 12.0.